The number of hydrogen-bond acceptors (Lipinski definition) is 5. The fraction of sp³-hybridized carbons (Fsp3) is 0.417. The molecule has 1 amide bonds. The zero-order chi connectivity index (χ0) is 34.1. The van der Waals surface area contributed by atoms with Crippen LogP contribution >= 0.6 is 0 Å². The number of carbonyl (C=O) groups excluding carboxylic acids is 1. The highest BCUT2D eigenvalue weighted by atomic mass is 19.4. The number of carbonyl (C=O) groups is 2. The van der Waals surface area contributed by atoms with Gasteiger partial charge in [-0.1, -0.05) is 60.7 Å². The molecule has 2 aliphatic heterocycles. The lowest BCUT2D eigenvalue weighted by molar-refractivity contribution is -0.233. The number of halogens is 5. The number of hydrogen-bond donors (Lipinski definition) is 2. The number of carboxylic acid groups (broad SMARTS) is 1. The number of benzene rings is 3. The van der Waals surface area contributed by atoms with Crippen LogP contribution in [0.3, 0.4) is 0 Å². The van der Waals surface area contributed by atoms with E-state index < -0.39 is 55.3 Å². The average Bonchev–Trinajstić information content (AvgIpc) is 3.57. The van der Waals surface area contributed by atoms with Crippen molar-refractivity contribution in [3.05, 3.63) is 78.0 Å². The molecular weight excluding hydrogens is 631 g/mol. The monoisotopic (exact) mass is 668 g/mol. The van der Waals surface area contributed by atoms with Crippen LogP contribution in [0.25, 0.3) is 32.8 Å². The van der Waals surface area contributed by atoms with Gasteiger partial charge in [0.1, 0.15) is 11.5 Å². The molecule has 3 aromatic carbocycles. The molecule has 0 spiro atoms. The zero-order valence-electron chi connectivity index (χ0n) is 26.3. The molecule has 0 radical (unpaired) electrons. The zero-order valence-corrected chi connectivity index (χ0v) is 26.3. The summed E-state index contributed by atoms with van der Waals surface area (Å²) in [5.41, 5.74) is 0.366. The van der Waals surface area contributed by atoms with Crippen molar-refractivity contribution >= 4 is 33.4 Å². The molecule has 1 aromatic heterocycles. The van der Waals surface area contributed by atoms with Crippen molar-refractivity contribution in [2.75, 3.05) is 32.7 Å². The molecule has 2 saturated heterocycles. The fourth-order valence-electron chi connectivity index (χ4n) is 7.20. The summed E-state index contributed by atoms with van der Waals surface area (Å²) in [6.45, 7) is 1.50. The molecule has 4 aromatic rings. The predicted octanol–water partition coefficient (Wildman–Crippen LogP) is 6.67. The first-order valence-electron chi connectivity index (χ1n) is 16.2. The van der Waals surface area contributed by atoms with Crippen LogP contribution in [-0.2, 0) is 22.6 Å². The molecule has 6 rings (SSSR count). The van der Waals surface area contributed by atoms with Crippen LogP contribution in [0.15, 0.2) is 66.9 Å². The van der Waals surface area contributed by atoms with E-state index in [4.69, 9.17) is 4.98 Å². The van der Waals surface area contributed by atoms with Crippen LogP contribution in [0.2, 0.25) is 0 Å². The molecule has 0 unspecified atom stereocenters. The van der Waals surface area contributed by atoms with Crippen molar-refractivity contribution in [1.29, 1.82) is 0 Å². The first-order valence-corrected chi connectivity index (χ1v) is 16.2. The van der Waals surface area contributed by atoms with Gasteiger partial charge in [0.05, 0.1) is 12.2 Å². The minimum Gasteiger partial charge on any atom is -0.480 e. The molecule has 254 valence electrons. The minimum absolute atomic E-state index is 0.268. The summed E-state index contributed by atoms with van der Waals surface area (Å²) in [7, 11) is 0. The summed E-state index contributed by atoms with van der Waals surface area (Å²) in [4.78, 5) is 34.2. The van der Waals surface area contributed by atoms with Crippen LogP contribution in [0, 0.1) is 5.41 Å². The van der Waals surface area contributed by atoms with Crippen molar-refractivity contribution in [1.82, 2.24) is 20.1 Å². The third-order valence-electron chi connectivity index (χ3n) is 9.85. The highest BCUT2D eigenvalue weighted by Gasteiger charge is 2.61. The molecule has 48 heavy (non-hydrogen) atoms. The van der Waals surface area contributed by atoms with Gasteiger partial charge in [0.2, 0.25) is 5.91 Å². The molecule has 2 aliphatic rings. The SMILES string of the molecule is O=C(O)[C@H](Cc1cccc2c(-c3ncc(CN4CCCC4)c4ccccc34)cccc12)NC(=O)C1(C(F)(F)F)CCN(CC(F)F)CC1. The van der Waals surface area contributed by atoms with Crippen molar-refractivity contribution in [3.63, 3.8) is 0 Å². The number of nitrogens with one attached hydrogen (secondary N) is 1. The Morgan fingerprint density at radius 3 is 2.12 bits per heavy atom. The lowest BCUT2D eigenvalue weighted by Gasteiger charge is -2.41. The molecule has 0 saturated carbocycles. The molecule has 0 bridgehead atoms. The van der Waals surface area contributed by atoms with E-state index in [-0.39, 0.29) is 19.5 Å². The van der Waals surface area contributed by atoms with Gasteiger partial charge in [-0.2, -0.15) is 13.2 Å². The van der Waals surface area contributed by atoms with Crippen molar-refractivity contribution in [3.8, 4) is 11.3 Å². The first-order chi connectivity index (χ1) is 23.0. The smallest absolute Gasteiger partial charge is 0.403 e. The number of nitrogens with zero attached hydrogens (tertiary/aromatic N) is 3. The Balaban J connectivity index is 1.29. The minimum atomic E-state index is -4.99. The topological polar surface area (TPSA) is 85.8 Å². The first kappa shape index (κ1) is 33.7. The Labute approximate surface area is 274 Å². The Kier molecular flexibility index (Phi) is 9.67. The largest absolute Gasteiger partial charge is 0.480 e. The summed E-state index contributed by atoms with van der Waals surface area (Å²) in [6.07, 6.45) is -5.19. The maximum absolute atomic E-state index is 14.4. The van der Waals surface area contributed by atoms with E-state index in [2.05, 4.69) is 16.3 Å². The summed E-state index contributed by atoms with van der Waals surface area (Å²) in [5.74, 6) is -2.94. The van der Waals surface area contributed by atoms with Crippen molar-refractivity contribution < 1.29 is 36.6 Å². The third-order valence-corrected chi connectivity index (χ3v) is 9.85. The van der Waals surface area contributed by atoms with E-state index in [1.807, 2.05) is 48.7 Å². The Morgan fingerprint density at radius 1 is 0.833 bits per heavy atom. The Bertz CT molecular complexity index is 1800. The number of fused-ring (bicyclic) bond motifs is 2. The van der Waals surface area contributed by atoms with Gasteiger partial charge >= 0.3 is 12.1 Å². The number of likely N-dealkylation sites (tertiary alicyclic amines) is 2. The second-order valence-corrected chi connectivity index (χ2v) is 12.8. The van der Waals surface area contributed by atoms with Crippen molar-refractivity contribution in [2.45, 2.75) is 57.3 Å². The molecule has 3 heterocycles. The van der Waals surface area contributed by atoms with E-state index in [1.54, 1.807) is 12.1 Å². The quantitative estimate of drug-likeness (QED) is 0.184. The van der Waals surface area contributed by atoms with E-state index in [9.17, 15) is 36.6 Å². The van der Waals surface area contributed by atoms with Crippen LogP contribution in [0.1, 0.15) is 36.8 Å². The van der Waals surface area contributed by atoms with Crippen molar-refractivity contribution in [2.24, 2.45) is 5.41 Å². The van der Waals surface area contributed by atoms with Crippen LogP contribution < -0.4 is 5.32 Å². The molecule has 12 heteroatoms. The lowest BCUT2D eigenvalue weighted by atomic mass is 9.76. The molecular formula is C36H37F5N4O3. The maximum atomic E-state index is 14.4. The van der Waals surface area contributed by atoms with E-state index in [0.717, 1.165) is 52.6 Å². The van der Waals surface area contributed by atoms with Gasteiger partial charge in [-0.3, -0.25) is 19.6 Å². The van der Waals surface area contributed by atoms with Gasteiger partial charge in [0.25, 0.3) is 6.43 Å². The molecule has 2 fully saturated rings. The number of aromatic nitrogens is 1. The van der Waals surface area contributed by atoms with Gasteiger partial charge in [-0.25, -0.2) is 13.6 Å². The third kappa shape index (κ3) is 6.73. The van der Waals surface area contributed by atoms with E-state index >= 15 is 0 Å². The van der Waals surface area contributed by atoms with Gasteiger partial charge in [0.15, 0.2) is 0 Å². The van der Waals surface area contributed by atoms with Crippen LogP contribution in [0.4, 0.5) is 22.0 Å². The van der Waals surface area contributed by atoms with Crippen LogP contribution in [0.5, 0.6) is 0 Å². The van der Waals surface area contributed by atoms with Gasteiger partial charge in [-0.15, -0.1) is 0 Å². The summed E-state index contributed by atoms with van der Waals surface area (Å²) in [5, 5.41) is 15.8. The molecule has 7 nitrogen and oxygen atoms in total. The average molecular weight is 669 g/mol. The Hall–Kier alpha value is -4.16. The fourth-order valence-corrected chi connectivity index (χ4v) is 7.20. The van der Waals surface area contributed by atoms with E-state index in [0.29, 0.717) is 10.9 Å². The molecule has 2 N–H and O–H groups in total. The second kappa shape index (κ2) is 13.8. The van der Waals surface area contributed by atoms with Gasteiger partial charge in [0, 0.05) is 30.1 Å². The normalized spacial score (nSPS) is 18.0. The summed E-state index contributed by atoms with van der Waals surface area (Å²) in [6, 6.07) is 17.3. The number of pyridine rings is 1. The lowest BCUT2D eigenvalue weighted by Crippen LogP contribution is -2.59. The molecule has 0 aliphatic carbocycles. The number of piperidine rings is 1. The molecule has 1 atom stereocenters. The Morgan fingerprint density at radius 2 is 1.46 bits per heavy atom. The van der Waals surface area contributed by atoms with Crippen LogP contribution in [-0.4, -0.2) is 83.1 Å². The number of rotatable bonds is 10. The standard InChI is InChI=1S/C36H37F5N4O3/c37-31(38)22-45-17-13-35(14-18-45,36(39,40)41)34(48)43-30(33(46)47)19-23-7-5-11-27-25(23)10-6-12-29(27)32-28-9-2-1-8-26(28)24(20-42-32)21-44-15-3-4-16-44/h1-2,5-12,20,30-31H,3-4,13-19,21-22H2,(H,43,48)(H,46,47)/t30-/m0/s1. The number of alkyl halides is 5. The highest BCUT2D eigenvalue weighted by molar-refractivity contribution is 6.05. The number of aliphatic carboxylic acids is 1. The van der Waals surface area contributed by atoms with E-state index in [1.165, 1.54) is 17.7 Å². The highest BCUT2D eigenvalue weighted by Crippen LogP contribution is 2.47. The predicted molar refractivity (Wildman–Crippen MR) is 173 cm³/mol. The van der Waals surface area contributed by atoms with Gasteiger partial charge in [-0.05, 0) is 79.1 Å². The maximum Gasteiger partial charge on any atom is 0.403 e. The number of amides is 1. The number of carboxylic acids is 1. The second-order valence-electron chi connectivity index (χ2n) is 12.8. The summed E-state index contributed by atoms with van der Waals surface area (Å²) >= 11 is 0. The summed E-state index contributed by atoms with van der Waals surface area (Å²) < 4.78 is 68.8. The van der Waals surface area contributed by atoms with Gasteiger partial charge < -0.3 is 10.4 Å².